The normalized spacial score (nSPS) is 15.5. The Bertz CT molecular complexity index is 604. The molecule has 1 aliphatic carbocycles. The fourth-order valence-corrected chi connectivity index (χ4v) is 3.01. The van der Waals surface area contributed by atoms with Crippen molar-refractivity contribution in [3.05, 3.63) is 35.4 Å². The molecule has 1 fully saturated rings. The molecule has 0 aromatic heterocycles. The van der Waals surface area contributed by atoms with Gasteiger partial charge in [-0.3, -0.25) is 4.79 Å². The van der Waals surface area contributed by atoms with Crippen LogP contribution in [-0.4, -0.2) is 37.0 Å². The van der Waals surface area contributed by atoms with Crippen LogP contribution in [0.4, 0.5) is 0 Å². The highest BCUT2D eigenvalue weighted by atomic mass is 32.2. The summed E-state index contributed by atoms with van der Waals surface area (Å²) in [6.07, 6.45) is 2.11. The molecule has 1 saturated carbocycles. The van der Waals surface area contributed by atoms with Crippen molar-refractivity contribution in [1.29, 1.82) is 0 Å². The lowest BCUT2D eigenvalue weighted by Crippen LogP contribution is -2.32. The molecule has 0 atom stereocenters. The van der Waals surface area contributed by atoms with E-state index in [1.54, 1.807) is 45.2 Å². The first kappa shape index (κ1) is 16.0. The Hall–Kier alpha value is -1.40. The summed E-state index contributed by atoms with van der Waals surface area (Å²) < 4.78 is 25.3. The summed E-state index contributed by atoms with van der Waals surface area (Å²) in [7, 11) is -1.68. The van der Waals surface area contributed by atoms with E-state index in [1.165, 1.54) is 4.31 Å². The highest BCUT2D eigenvalue weighted by molar-refractivity contribution is 7.89. The van der Waals surface area contributed by atoms with Crippen molar-refractivity contribution in [2.75, 3.05) is 7.05 Å². The van der Waals surface area contributed by atoms with Crippen molar-refractivity contribution >= 4 is 15.9 Å². The molecule has 0 aliphatic heterocycles. The summed E-state index contributed by atoms with van der Waals surface area (Å²) in [6, 6.07) is 7.41. The minimum Gasteiger partial charge on any atom is -0.349 e. The number of amides is 1. The molecule has 0 radical (unpaired) electrons. The monoisotopic (exact) mass is 310 g/mol. The standard InChI is InChI=1S/C15H22N2O3S/c1-11(2)21(19,20)17(3)10-12-4-6-13(7-5-12)15(18)16-14-8-9-14/h4-7,11,14H,8-10H2,1-3H3,(H,16,18). The predicted molar refractivity (Wildman–Crippen MR) is 82.5 cm³/mol. The van der Waals surface area contributed by atoms with Gasteiger partial charge in [0, 0.05) is 25.2 Å². The van der Waals surface area contributed by atoms with Gasteiger partial charge in [-0.15, -0.1) is 0 Å². The van der Waals surface area contributed by atoms with E-state index in [2.05, 4.69) is 5.32 Å². The third-order valence-electron chi connectivity index (χ3n) is 3.56. The molecule has 116 valence electrons. The zero-order valence-electron chi connectivity index (χ0n) is 12.7. The van der Waals surface area contributed by atoms with Gasteiger partial charge in [0.25, 0.3) is 5.91 Å². The average Bonchev–Trinajstić information content (AvgIpc) is 3.23. The number of benzene rings is 1. The number of hydrogen-bond acceptors (Lipinski definition) is 3. The number of carbonyl (C=O) groups excluding carboxylic acids is 1. The van der Waals surface area contributed by atoms with Crippen molar-refractivity contribution in [3.8, 4) is 0 Å². The Kier molecular flexibility index (Phi) is 4.68. The summed E-state index contributed by atoms with van der Waals surface area (Å²) in [5.41, 5.74) is 1.48. The van der Waals surface area contributed by atoms with Gasteiger partial charge >= 0.3 is 0 Å². The number of carbonyl (C=O) groups is 1. The lowest BCUT2D eigenvalue weighted by molar-refractivity contribution is 0.0951. The van der Waals surface area contributed by atoms with Crippen LogP contribution < -0.4 is 5.32 Å². The third-order valence-corrected chi connectivity index (χ3v) is 5.75. The summed E-state index contributed by atoms with van der Waals surface area (Å²) in [5, 5.41) is 2.49. The van der Waals surface area contributed by atoms with Crippen LogP contribution in [0, 0.1) is 0 Å². The van der Waals surface area contributed by atoms with Crippen molar-refractivity contribution in [2.24, 2.45) is 0 Å². The molecule has 0 heterocycles. The topological polar surface area (TPSA) is 66.5 Å². The Labute approximate surface area is 126 Å². The van der Waals surface area contributed by atoms with Crippen LogP contribution >= 0.6 is 0 Å². The van der Waals surface area contributed by atoms with Gasteiger partial charge in [0.15, 0.2) is 0 Å². The van der Waals surface area contributed by atoms with Crippen molar-refractivity contribution in [1.82, 2.24) is 9.62 Å². The van der Waals surface area contributed by atoms with E-state index in [0.29, 0.717) is 18.2 Å². The van der Waals surface area contributed by atoms with Crippen LogP contribution in [0.15, 0.2) is 24.3 Å². The first-order valence-electron chi connectivity index (χ1n) is 7.15. The molecular formula is C15H22N2O3S. The summed E-state index contributed by atoms with van der Waals surface area (Å²) in [4.78, 5) is 11.9. The molecule has 1 amide bonds. The molecule has 1 aliphatic rings. The molecule has 0 spiro atoms. The fourth-order valence-electron chi connectivity index (χ4n) is 1.96. The zero-order chi connectivity index (χ0) is 15.6. The highest BCUT2D eigenvalue weighted by Crippen LogP contribution is 2.19. The second-order valence-corrected chi connectivity index (χ2v) is 8.39. The quantitative estimate of drug-likeness (QED) is 0.870. The largest absolute Gasteiger partial charge is 0.349 e. The van der Waals surface area contributed by atoms with Crippen LogP contribution in [0.2, 0.25) is 0 Å². The van der Waals surface area contributed by atoms with E-state index < -0.39 is 15.3 Å². The van der Waals surface area contributed by atoms with Crippen molar-refractivity contribution in [2.45, 2.75) is 44.5 Å². The first-order chi connectivity index (χ1) is 9.80. The lowest BCUT2D eigenvalue weighted by atomic mass is 10.1. The van der Waals surface area contributed by atoms with Crippen molar-refractivity contribution in [3.63, 3.8) is 0 Å². The van der Waals surface area contributed by atoms with Gasteiger partial charge in [-0.05, 0) is 44.4 Å². The molecular weight excluding hydrogens is 288 g/mol. The van der Waals surface area contributed by atoms with E-state index in [9.17, 15) is 13.2 Å². The number of sulfonamides is 1. The van der Waals surface area contributed by atoms with Crippen molar-refractivity contribution < 1.29 is 13.2 Å². The van der Waals surface area contributed by atoms with Crippen LogP contribution in [0.25, 0.3) is 0 Å². The van der Waals surface area contributed by atoms with E-state index in [1.807, 2.05) is 0 Å². The minimum absolute atomic E-state index is 0.0628. The second kappa shape index (κ2) is 6.15. The van der Waals surface area contributed by atoms with Gasteiger partial charge in [0.05, 0.1) is 5.25 Å². The smallest absolute Gasteiger partial charge is 0.251 e. The van der Waals surface area contributed by atoms with Gasteiger partial charge in [0.1, 0.15) is 0 Å². The van der Waals surface area contributed by atoms with Gasteiger partial charge in [-0.1, -0.05) is 12.1 Å². The number of rotatable bonds is 6. The third kappa shape index (κ3) is 4.04. The maximum atomic E-state index is 12.0. The molecule has 2 rings (SSSR count). The molecule has 21 heavy (non-hydrogen) atoms. The van der Waals surface area contributed by atoms with Crippen LogP contribution in [0.1, 0.15) is 42.6 Å². The lowest BCUT2D eigenvalue weighted by Gasteiger charge is -2.19. The summed E-state index contributed by atoms with van der Waals surface area (Å²) in [6.45, 7) is 3.64. The van der Waals surface area contributed by atoms with Gasteiger partial charge in [-0.25, -0.2) is 12.7 Å². The Morgan fingerprint density at radius 2 is 1.86 bits per heavy atom. The molecule has 1 aromatic rings. The summed E-state index contributed by atoms with van der Waals surface area (Å²) in [5.74, 6) is -0.0628. The zero-order valence-corrected chi connectivity index (χ0v) is 13.5. The molecule has 0 saturated heterocycles. The molecule has 1 N–H and O–H groups in total. The van der Waals surface area contributed by atoms with Crippen LogP contribution in [0.3, 0.4) is 0 Å². The van der Waals surface area contributed by atoms with Gasteiger partial charge in [0.2, 0.25) is 10.0 Å². The predicted octanol–water partition coefficient (Wildman–Crippen LogP) is 1.75. The van der Waals surface area contributed by atoms with E-state index >= 15 is 0 Å². The number of hydrogen-bond donors (Lipinski definition) is 1. The fraction of sp³-hybridized carbons (Fsp3) is 0.533. The minimum atomic E-state index is -3.26. The Morgan fingerprint density at radius 3 is 2.33 bits per heavy atom. The second-order valence-electron chi connectivity index (χ2n) is 5.79. The average molecular weight is 310 g/mol. The number of nitrogens with one attached hydrogen (secondary N) is 1. The van der Waals surface area contributed by atoms with Crippen LogP contribution in [0.5, 0.6) is 0 Å². The van der Waals surface area contributed by atoms with Crippen LogP contribution in [-0.2, 0) is 16.6 Å². The summed E-state index contributed by atoms with van der Waals surface area (Å²) >= 11 is 0. The van der Waals surface area contributed by atoms with E-state index in [-0.39, 0.29) is 5.91 Å². The molecule has 0 bridgehead atoms. The Balaban J connectivity index is 2.00. The molecule has 5 nitrogen and oxygen atoms in total. The van der Waals surface area contributed by atoms with Gasteiger partial charge < -0.3 is 5.32 Å². The Morgan fingerprint density at radius 1 is 1.29 bits per heavy atom. The first-order valence-corrected chi connectivity index (χ1v) is 8.66. The molecule has 0 unspecified atom stereocenters. The maximum Gasteiger partial charge on any atom is 0.251 e. The SMILES string of the molecule is CC(C)S(=O)(=O)N(C)Cc1ccc(C(=O)NC2CC2)cc1. The van der Waals surface area contributed by atoms with E-state index in [4.69, 9.17) is 0 Å². The highest BCUT2D eigenvalue weighted by Gasteiger charge is 2.24. The maximum absolute atomic E-state index is 12.0. The molecule has 1 aromatic carbocycles. The number of nitrogens with zero attached hydrogens (tertiary/aromatic N) is 1. The molecule has 6 heteroatoms. The van der Waals surface area contributed by atoms with E-state index in [0.717, 1.165) is 18.4 Å². The van der Waals surface area contributed by atoms with Gasteiger partial charge in [-0.2, -0.15) is 0 Å².